The summed E-state index contributed by atoms with van der Waals surface area (Å²) in [6, 6.07) is 8.73. The molecule has 0 saturated carbocycles. The zero-order chi connectivity index (χ0) is 14.0. The van der Waals surface area contributed by atoms with Gasteiger partial charge in [0.25, 0.3) is 0 Å². The predicted molar refractivity (Wildman–Crippen MR) is 75.5 cm³/mol. The van der Waals surface area contributed by atoms with Crippen molar-refractivity contribution in [2.24, 2.45) is 5.73 Å². The van der Waals surface area contributed by atoms with E-state index in [2.05, 4.69) is 0 Å². The van der Waals surface area contributed by atoms with Gasteiger partial charge < -0.3 is 10.5 Å². The van der Waals surface area contributed by atoms with Crippen LogP contribution in [-0.2, 0) is 0 Å². The minimum Gasteiger partial charge on any atom is -0.455 e. The Morgan fingerprint density at radius 3 is 2.42 bits per heavy atom. The van der Waals surface area contributed by atoms with E-state index in [0.29, 0.717) is 27.1 Å². The molecule has 0 aromatic heterocycles. The van der Waals surface area contributed by atoms with E-state index in [0.717, 1.165) is 0 Å². The van der Waals surface area contributed by atoms with Crippen LogP contribution in [-0.4, -0.2) is 0 Å². The van der Waals surface area contributed by atoms with Crippen LogP contribution in [0.5, 0.6) is 11.5 Å². The number of halogens is 3. The maximum Gasteiger partial charge on any atom is 0.146 e. The Balaban J connectivity index is 2.38. The first-order valence-electron chi connectivity index (χ1n) is 5.65. The van der Waals surface area contributed by atoms with Gasteiger partial charge >= 0.3 is 0 Å². The molecule has 0 heterocycles. The highest BCUT2D eigenvalue weighted by atomic mass is 35.5. The van der Waals surface area contributed by atoms with E-state index in [-0.39, 0.29) is 11.9 Å². The first-order valence-corrected chi connectivity index (χ1v) is 6.41. The number of hydrogen-bond donors (Lipinski definition) is 1. The van der Waals surface area contributed by atoms with Gasteiger partial charge in [-0.25, -0.2) is 4.39 Å². The van der Waals surface area contributed by atoms with Crippen molar-refractivity contribution < 1.29 is 9.13 Å². The second-order valence-corrected chi connectivity index (χ2v) is 4.99. The molecule has 5 heteroatoms. The van der Waals surface area contributed by atoms with E-state index in [1.807, 2.05) is 0 Å². The van der Waals surface area contributed by atoms with Crippen molar-refractivity contribution in [3.63, 3.8) is 0 Å². The molecule has 2 rings (SSSR count). The summed E-state index contributed by atoms with van der Waals surface area (Å²) in [7, 11) is 0. The molecular weight excluding hydrogens is 288 g/mol. The van der Waals surface area contributed by atoms with Gasteiger partial charge in [-0.05, 0) is 43.3 Å². The van der Waals surface area contributed by atoms with Gasteiger partial charge in [0.05, 0.1) is 5.02 Å². The third-order valence-electron chi connectivity index (χ3n) is 2.58. The second kappa shape index (κ2) is 5.78. The quantitative estimate of drug-likeness (QED) is 0.871. The average Bonchev–Trinajstić information content (AvgIpc) is 2.34. The van der Waals surface area contributed by atoms with E-state index in [1.165, 1.54) is 18.2 Å². The molecule has 0 aliphatic carbocycles. The van der Waals surface area contributed by atoms with Gasteiger partial charge in [0.15, 0.2) is 0 Å². The molecule has 2 nitrogen and oxygen atoms in total. The molecular formula is C14H12Cl2FNO. The molecule has 0 aliphatic rings. The van der Waals surface area contributed by atoms with Crippen LogP contribution in [0, 0.1) is 5.82 Å². The van der Waals surface area contributed by atoms with Gasteiger partial charge in [-0.2, -0.15) is 0 Å². The lowest BCUT2D eigenvalue weighted by atomic mass is 10.1. The van der Waals surface area contributed by atoms with Gasteiger partial charge in [0, 0.05) is 16.6 Å². The fraction of sp³-hybridized carbons (Fsp3) is 0.143. The Bertz CT molecular complexity index is 602. The highest BCUT2D eigenvalue weighted by Crippen LogP contribution is 2.34. The summed E-state index contributed by atoms with van der Waals surface area (Å²) in [5.74, 6) is 0.557. The molecule has 19 heavy (non-hydrogen) atoms. The molecule has 0 fully saturated rings. The fourth-order valence-electron chi connectivity index (χ4n) is 1.64. The molecule has 0 bridgehead atoms. The summed E-state index contributed by atoms with van der Waals surface area (Å²) in [6.45, 7) is 1.76. The zero-order valence-electron chi connectivity index (χ0n) is 10.2. The molecule has 0 unspecified atom stereocenters. The van der Waals surface area contributed by atoms with Gasteiger partial charge in [0.1, 0.15) is 17.3 Å². The topological polar surface area (TPSA) is 35.2 Å². The largest absolute Gasteiger partial charge is 0.455 e. The van der Waals surface area contributed by atoms with Crippen molar-refractivity contribution in [2.75, 3.05) is 0 Å². The minimum atomic E-state index is -0.359. The van der Waals surface area contributed by atoms with Crippen LogP contribution in [0.25, 0.3) is 0 Å². The van der Waals surface area contributed by atoms with Gasteiger partial charge in [0.2, 0.25) is 0 Å². The Morgan fingerprint density at radius 1 is 1.11 bits per heavy atom. The third kappa shape index (κ3) is 3.38. The van der Waals surface area contributed by atoms with E-state index in [1.54, 1.807) is 25.1 Å². The Morgan fingerprint density at radius 2 is 1.79 bits per heavy atom. The van der Waals surface area contributed by atoms with Crippen LogP contribution in [0.15, 0.2) is 36.4 Å². The van der Waals surface area contributed by atoms with Crippen LogP contribution in [0.4, 0.5) is 4.39 Å². The SMILES string of the molecule is C[C@@H](N)c1cc(F)ccc1Oc1ccc(Cl)cc1Cl. The molecule has 0 radical (unpaired) electrons. The van der Waals surface area contributed by atoms with Gasteiger partial charge in [-0.1, -0.05) is 23.2 Å². The van der Waals surface area contributed by atoms with E-state index < -0.39 is 0 Å². The molecule has 2 N–H and O–H groups in total. The van der Waals surface area contributed by atoms with Gasteiger partial charge in [-0.15, -0.1) is 0 Å². The van der Waals surface area contributed by atoms with Crippen LogP contribution in [0.1, 0.15) is 18.5 Å². The van der Waals surface area contributed by atoms with Crippen molar-refractivity contribution >= 4 is 23.2 Å². The van der Waals surface area contributed by atoms with Crippen LogP contribution in [0.3, 0.4) is 0 Å². The first kappa shape index (κ1) is 14.1. The van der Waals surface area contributed by atoms with Crippen LogP contribution in [0.2, 0.25) is 10.0 Å². The van der Waals surface area contributed by atoms with Crippen molar-refractivity contribution in [3.8, 4) is 11.5 Å². The third-order valence-corrected chi connectivity index (χ3v) is 3.11. The lowest BCUT2D eigenvalue weighted by molar-refractivity contribution is 0.469. The van der Waals surface area contributed by atoms with Crippen LogP contribution < -0.4 is 10.5 Å². The number of benzene rings is 2. The molecule has 0 aliphatic heterocycles. The number of hydrogen-bond acceptors (Lipinski definition) is 2. The highest BCUT2D eigenvalue weighted by Gasteiger charge is 2.12. The molecule has 0 amide bonds. The molecule has 0 saturated heterocycles. The summed E-state index contributed by atoms with van der Waals surface area (Å²) in [4.78, 5) is 0. The fourth-order valence-corrected chi connectivity index (χ4v) is 2.09. The normalized spacial score (nSPS) is 12.3. The Labute approximate surface area is 120 Å². The van der Waals surface area contributed by atoms with Crippen molar-refractivity contribution in [1.29, 1.82) is 0 Å². The van der Waals surface area contributed by atoms with Crippen molar-refractivity contribution in [2.45, 2.75) is 13.0 Å². The average molecular weight is 300 g/mol. The molecule has 2 aromatic carbocycles. The minimum absolute atomic E-state index is 0.350. The maximum atomic E-state index is 13.2. The summed E-state index contributed by atoms with van der Waals surface area (Å²) in [5.41, 5.74) is 6.37. The van der Waals surface area contributed by atoms with Crippen LogP contribution >= 0.6 is 23.2 Å². The Kier molecular flexibility index (Phi) is 4.30. The second-order valence-electron chi connectivity index (χ2n) is 4.15. The Hall–Kier alpha value is -1.29. The maximum absolute atomic E-state index is 13.2. The first-order chi connectivity index (χ1) is 8.97. The van der Waals surface area contributed by atoms with E-state index >= 15 is 0 Å². The summed E-state index contributed by atoms with van der Waals surface area (Å²) in [5, 5.41) is 0.899. The standard InChI is InChI=1S/C14H12Cl2FNO/c1-8(18)11-7-10(17)3-5-13(11)19-14-4-2-9(15)6-12(14)16/h2-8H,18H2,1H3/t8-/m1/s1. The molecule has 1 atom stereocenters. The number of ether oxygens (including phenoxy) is 1. The van der Waals surface area contributed by atoms with Crippen molar-refractivity contribution in [1.82, 2.24) is 0 Å². The summed E-state index contributed by atoms with van der Waals surface area (Å²) >= 11 is 11.8. The molecule has 2 aromatic rings. The van der Waals surface area contributed by atoms with Gasteiger partial charge in [-0.3, -0.25) is 0 Å². The van der Waals surface area contributed by atoms with E-state index in [9.17, 15) is 4.39 Å². The zero-order valence-corrected chi connectivity index (χ0v) is 11.7. The summed E-state index contributed by atoms with van der Waals surface area (Å²) < 4.78 is 18.9. The lowest BCUT2D eigenvalue weighted by Crippen LogP contribution is -2.07. The monoisotopic (exact) mass is 299 g/mol. The van der Waals surface area contributed by atoms with Crippen molar-refractivity contribution in [3.05, 3.63) is 57.8 Å². The molecule has 0 spiro atoms. The molecule has 100 valence electrons. The smallest absolute Gasteiger partial charge is 0.146 e. The predicted octanol–water partition coefficient (Wildman–Crippen LogP) is 4.94. The number of rotatable bonds is 3. The highest BCUT2D eigenvalue weighted by molar-refractivity contribution is 6.35. The summed E-state index contributed by atoms with van der Waals surface area (Å²) in [6.07, 6.45) is 0. The van der Waals surface area contributed by atoms with E-state index in [4.69, 9.17) is 33.7 Å². The number of nitrogens with two attached hydrogens (primary N) is 1. The lowest BCUT2D eigenvalue weighted by Gasteiger charge is -2.14.